The summed E-state index contributed by atoms with van der Waals surface area (Å²) in [5.74, 6) is 0.753. The Bertz CT molecular complexity index is 779. The Balaban J connectivity index is 1.67. The molecule has 1 amide bonds. The van der Waals surface area contributed by atoms with Crippen LogP contribution < -0.4 is 5.32 Å². The molecule has 0 aliphatic carbocycles. The van der Waals surface area contributed by atoms with E-state index in [1.807, 2.05) is 30.5 Å². The topological polar surface area (TPSA) is 68.5 Å². The minimum atomic E-state index is -0.113. The van der Waals surface area contributed by atoms with E-state index in [0.29, 0.717) is 18.2 Å². The van der Waals surface area contributed by atoms with Crippen molar-refractivity contribution >= 4 is 11.6 Å². The molecule has 1 aromatic carbocycles. The summed E-state index contributed by atoms with van der Waals surface area (Å²) in [6.07, 6.45) is 5.33. The van der Waals surface area contributed by atoms with Gasteiger partial charge in [-0.15, -0.1) is 0 Å². The lowest BCUT2D eigenvalue weighted by atomic mass is 10.1. The highest BCUT2D eigenvalue weighted by molar-refractivity contribution is 5.95. The molecule has 0 fully saturated rings. The van der Waals surface area contributed by atoms with Crippen LogP contribution in [0, 0.1) is 0 Å². The molecule has 1 atom stereocenters. The van der Waals surface area contributed by atoms with Crippen LogP contribution in [0.1, 0.15) is 50.0 Å². The van der Waals surface area contributed by atoms with Gasteiger partial charge in [0, 0.05) is 36.0 Å². The van der Waals surface area contributed by atoms with Gasteiger partial charge < -0.3 is 14.7 Å². The highest BCUT2D eigenvalue weighted by Gasteiger charge is 2.20. The van der Waals surface area contributed by atoms with Crippen molar-refractivity contribution in [1.29, 1.82) is 0 Å². The Hall–Kier alpha value is -2.63. The van der Waals surface area contributed by atoms with E-state index in [4.69, 9.17) is 4.84 Å². The number of amides is 1. The van der Waals surface area contributed by atoms with E-state index in [1.165, 1.54) is 0 Å². The second kappa shape index (κ2) is 7.51. The van der Waals surface area contributed by atoms with Crippen LogP contribution in [0.4, 0.5) is 0 Å². The maximum absolute atomic E-state index is 12.5. The maximum Gasteiger partial charge on any atom is 0.251 e. The number of nitrogens with zero attached hydrogens (tertiary/aromatic N) is 3. The molecule has 3 rings (SSSR count). The standard InChI is InChI=1S/C19H24N4O2/c1-4-16-11-17(25-22-16)12-21-19(24)15-7-5-6-14(10-15)18-20-8-9-23(18)13(2)3/h5-10,13,17H,4,11-12H2,1-3H3,(H,21,24). The number of oxime groups is 1. The molecule has 0 saturated heterocycles. The van der Waals surface area contributed by atoms with Gasteiger partial charge in [-0.2, -0.15) is 0 Å². The number of hydrogen-bond donors (Lipinski definition) is 1. The number of hydrogen-bond acceptors (Lipinski definition) is 4. The normalized spacial score (nSPS) is 16.6. The van der Waals surface area contributed by atoms with E-state index in [0.717, 1.165) is 29.9 Å². The van der Waals surface area contributed by atoms with Gasteiger partial charge in [0.15, 0.2) is 0 Å². The maximum atomic E-state index is 12.5. The summed E-state index contributed by atoms with van der Waals surface area (Å²) >= 11 is 0. The molecule has 2 heterocycles. The fraction of sp³-hybridized carbons (Fsp3) is 0.421. The van der Waals surface area contributed by atoms with E-state index in [1.54, 1.807) is 6.20 Å². The van der Waals surface area contributed by atoms with Gasteiger partial charge >= 0.3 is 0 Å². The fourth-order valence-corrected chi connectivity index (χ4v) is 2.87. The predicted octanol–water partition coefficient (Wildman–Crippen LogP) is 3.42. The van der Waals surface area contributed by atoms with Crippen molar-refractivity contribution in [3.8, 4) is 11.4 Å². The molecule has 0 bridgehead atoms. The van der Waals surface area contributed by atoms with Crippen molar-refractivity contribution in [3.05, 3.63) is 42.2 Å². The highest BCUT2D eigenvalue weighted by Crippen LogP contribution is 2.22. The Morgan fingerprint density at radius 1 is 1.44 bits per heavy atom. The Kier molecular flexibility index (Phi) is 5.16. The zero-order chi connectivity index (χ0) is 17.8. The van der Waals surface area contributed by atoms with Gasteiger partial charge in [0.05, 0.1) is 12.3 Å². The minimum Gasteiger partial charge on any atom is -0.390 e. The van der Waals surface area contributed by atoms with Crippen molar-refractivity contribution in [2.24, 2.45) is 5.16 Å². The van der Waals surface area contributed by atoms with E-state index in [2.05, 4.69) is 40.8 Å². The molecule has 0 radical (unpaired) electrons. The van der Waals surface area contributed by atoms with E-state index in [-0.39, 0.29) is 12.0 Å². The Morgan fingerprint density at radius 3 is 3.00 bits per heavy atom. The molecule has 1 aliphatic rings. The third kappa shape index (κ3) is 3.90. The summed E-state index contributed by atoms with van der Waals surface area (Å²) in [5.41, 5.74) is 2.59. The van der Waals surface area contributed by atoms with Gasteiger partial charge in [-0.3, -0.25) is 4.79 Å². The van der Waals surface area contributed by atoms with Gasteiger partial charge in [0.1, 0.15) is 11.9 Å². The number of imidazole rings is 1. The first-order valence-electron chi connectivity index (χ1n) is 8.71. The summed E-state index contributed by atoms with van der Waals surface area (Å²) in [6, 6.07) is 7.85. The second-order valence-corrected chi connectivity index (χ2v) is 6.49. The number of rotatable bonds is 6. The molecule has 6 nitrogen and oxygen atoms in total. The number of nitrogens with one attached hydrogen (secondary N) is 1. The van der Waals surface area contributed by atoms with E-state index in [9.17, 15) is 4.79 Å². The first-order chi connectivity index (χ1) is 12.1. The molecular weight excluding hydrogens is 316 g/mol. The summed E-state index contributed by atoms with van der Waals surface area (Å²) in [7, 11) is 0. The smallest absolute Gasteiger partial charge is 0.251 e. The first-order valence-corrected chi connectivity index (χ1v) is 8.71. The molecule has 6 heteroatoms. The molecule has 2 aromatic rings. The van der Waals surface area contributed by atoms with Gasteiger partial charge in [-0.25, -0.2) is 4.98 Å². The molecular formula is C19H24N4O2. The van der Waals surface area contributed by atoms with Gasteiger partial charge in [-0.05, 0) is 32.4 Å². The fourth-order valence-electron chi connectivity index (χ4n) is 2.87. The quantitative estimate of drug-likeness (QED) is 0.876. The van der Waals surface area contributed by atoms with E-state index >= 15 is 0 Å². The largest absolute Gasteiger partial charge is 0.390 e. The summed E-state index contributed by atoms with van der Waals surface area (Å²) in [6.45, 7) is 6.72. The zero-order valence-corrected chi connectivity index (χ0v) is 14.9. The van der Waals surface area contributed by atoms with Crippen LogP contribution in [0.15, 0.2) is 41.8 Å². The van der Waals surface area contributed by atoms with Crippen molar-refractivity contribution in [1.82, 2.24) is 14.9 Å². The first kappa shape index (κ1) is 17.2. The van der Waals surface area contributed by atoms with Crippen LogP contribution in [-0.2, 0) is 4.84 Å². The SMILES string of the molecule is CCC1=NOC(CNC(=O)c2cccc(-c3nccn3C(C)C)c2)C1. The average molecular weight is 340 g/mol. The van der Waals surface area contributed by atoms with Crippen molar-refractivity contribution in [2.75, 3.05) is 6.54 Å². The van der Waals surface area contributed by atoms with Gasteiger partial charge in [0.25, 0.3) is 5.91 Å². The van der Waals surface area contributed by atoms with Crippen molar-refractivity contribution < 1.29 is 9.63 Å². The average Bonchev–Trinajstić information content (AvgIpc) is 3.29. The molecule has 25 heavy (non-hydrogen) atoms. The van der Waals surface area contributed by atoms with Crippen LogP contribution in [0.5, 0.6) is 0 Å². The van der Waals surface area contributed by atoms with Crippen molar-refractivity contribution in [3.63, 3.8) is 0 Å². The van der Waals surface area contributed by atoms with Crippen molar-refractivity contribution in [2.45, 2.75) is 45.8 Å². The van der Waals surface area contributed by atoms with Crippen LogP contribution >= 0.6 is 0 Å². The zero-order valence-electron chi connectivity index (χ0n) is 14.9. The van der Waals surface area contributed by atoms with Crippen LogP contribution in [0.2, 0.25) is 0 Å². The third-order valence-electron chi connectivity index (χ3n) is 4.30. The summed E-state index contributed by atoms with van der Waals surface area (Å²) in [4.78, 5) is 22.2. The minimum absolute atomic E-state index is 0.0677. The van der Waals surface area contributed by atoms with Gasteiger partial charge in [0.2, 0.25) is 0 Å². The van der Waals surface area contributed by atoms with E-state index < -0.39 is 0 Å². The molecule has 132 valence electrons. The number of carbonyl (C=O) groups excluding carboxylic acids is 1. The monoisotopic (exact) mass is 340 g/mol. The molecule has 1 aliphatic heterocycles. The van der Waals surface area contributed by atoms with Crippen LogP contribution in [0.3, 0.4) is 0 Å². The molecule has 1 N–H and O–H groups in total. The van der Waals surface area contributed by atoms with Crippen LogP contribution in [0.25, 0.3) is 11.4 Å². The highest BCUT2D eigenvalue weighted by atomic mass is 16.6. The summed E-state index contributed by atoms with van der Waals surface area (Å²) in [5, 5.41) is 6.95. The summed E-state index contributed by atoms with van der Waals surface area (Å²) < 4.78 is 2.09. The number of carbonyl (C=O) groups is 1. The number of benzene rings is 1. The lowest BCUT2D eigenvalue weighted by Crippen LogP contribution is -2.32. The molecule has 0 spiro atoms. The number of aromatic nitrogens is 2. The lowest BCUT2D eigenvalue weighted by molar-refractivity contribution is 0.0753. The molecule has 1 unspecified atom stereocenters. The molecule has 1 aromatic heterocycles. The molecule has 0 saturated carbocycles. The lowest BCUT2D eigenvalue weighted by Gasteiger charge is -2.13. The Morgan fingerprint density at radius 2 is 2.28 bits per heavy atom. The second-order valence-electron chi connectivity index (χ2n) is 6.49. The Labute approximate surface area is 147 Å². The predicted molar refractivity (Wildman–Crippen MR) is 97.6 cm³/mol. The third-order valence-corrected chi connectivity index (χ3v) is 4.30. The van der Waals surface area contributed by atoms with Gasteiger partial charge in [-0.1, -0.05) is 24.2 Å². The van der Waals surface area contributed by atoms with Crippen LogP contribution in [-0.4, -0.2) is 33.8 Å².